The Bertz CT molecular complexity index is 385. The lowest BCUT2D eigenvalue weighted by molar-refractivity contribution is -0.0693. The van der Waals surface area contributed by atoms with E-state index in [1.54, 1.807) is 0 Å². The molecule has 1 aliphatic carbocycles. The summed E-state index contributed by atoms with van der Waals surface area (Å²) in [4.78, 5) is 4.37. The van der Waals surface area contributed by atoms with Gasteiger partial charge in [0.2, 0.25) is 0 Å². The van der Waals surface area contributed by atoms with Crippen LogP contribution in [0, 0.1) is 0 Å². The summed E-state index contributed by atoms with van der Waals surface area (Å²) >= 11 is 0. The van der Waals surface area contributed by atoms with Crippen LogP contribution in [0.4, 0.5) is 0 Å². The summed E-state index contributed by atoms with van der Waals surface area (Å²) in [6.45, 7) is 0. The molecule has 0 aliphatic heterocycles. The number of hydrogen-bond acceptors (Lipinski definition) is 4. The van der Waals surface area contributed by atoms with Gasteiger partial charge in [-0.15, -0.1) is 0 Å². The van der Waals surface area contributed by atoms with E-state index in [-0.39, 0.29) is 11.6 Å². The van der Waals surface area contributed by atoms with E-state index >= 15 is 0 Å². The van der Waals surface area contributed by atoms with Gasteiger partial charge in [0.05, 0.1) is 11.6 Å². The number of nitrogens with zero attached hydrogens (tertiary/aromatic N) is 2. The largest absolute Gasteiger partial charge is 0.377 e. The summed E-state index contributed by atoms with van der Waals surface area (Å²) in [5.41, 5.74) is 2.88. The van der Waals surface area contributed by atoms with Gasteiger partial charge in [-0.2, -0.15) is 0 Å². The van der Waals surface area contributed by atoms with Gasteiger partial charge in [-0.3, -0.25) is 11.3 Å². The van der Waals surface area contributed by atoms with Crippen molar-refractivity contribution in [1.29, 1.82) is 0 Å². The molecule has 0 aromatic carbocycles. The number of methoxy groups -OCH3 is 1. The zero-order valence-electron chi connectivity index (χ0n) is 12.1. The van der Waals surface area contributed by atoms with Crippen molar-refractivity contribution in [3.8, 4) is 0 Å². The average Bonchev–Trinajstić information content (AvgIpc) is 2.86. The third-order valence-corrected chi connectivity index (χ3v) is 4.52. The second-order valence-electron chi connectivity index (χ2n) is 5.54. The van der Waals surface area contributed by atoms with Gasteiger partial charge >= 0.3 is 0 Å². The smallest absolute Gasteiger partial charge is 0.108 e. The van der Waals surface area contributed by atoms with Gasteiger partial charge in [-0.25, -0.2) is 4.98 Å². The first-order valence-electron chi connectivity index (χ1n) is 7.19. The topological polar surface area (TPSA) is 65.1 Å². The summed E-state index contributed by atoms with van der Waals surface area (Å²) in [5, 5.41) is 0. The molecule has 19 heavy (non-hydrogen) atoms. The Hall–Kier alpha value is -0.910. The molecule has 3 N–H and O–H groups in total. The molecule has 1 unspecified atom stereocenters. The highest BCUT2D eigenvalue weighted by Crippen LogP contribution is 2.35. The summed E-state index contributed by atoms with van der Waals surface area (Å²) in [5.74, 6) is 6.88. The normalized spacial score (nSPS) is 20.4. The predicted molar refractivity (Wildman–Crippen MR) is 75.5 cm³/mol. The minimum absolute atomic E-state index is 0.0990. The Morgan fingerprint density at radius 2 is 2.21 bits per heavy atom. The Kier molecular flexibility index (Phi) is 4.96. The van der Waals surface area contributed by atoms with E-state index in [0.717, 1.165) is 31.5 Å². The number of ether oxygens (including phenoxy) is 1. The quantitative estimate of drug-likeness (QED) is 0.605. The molecule has 1 saturated carbocycles. The van der Waals surface area contributed by atoms with Gasteiger partial charge in [-0.1, -0.05) is 19.3 Å². The zero-order chi connectivity index (χ0) is 13.7. The van der Waals surface area contributed by atoms with Crippen LogP contribution >= 0.6 is 0 Å². The Labute approximate surface area is 115 Å². The van der Waals surface area contributed by atoms with E-state index in [4.69, 9.17) is 10.6 Å². The SMILES string of the molecule is COC1(C(CCc2nccn2C)NN)CCCCC1. The molecule has 108 valence electrons. The number of rotatable bonds is 6. The maximum Gasteiger partial charge on any atom is 0.108 e. The molecular weight excluding hydrogens is 240 g/mol. The van der Waals surface area contributed by atoms with Crippen LogP contribution in [0.2, 0.25) is 0 Å². The van der Waals surface area contributed by atoms with Crippen LogP contribution in [-0.4, -0.2) is 28.3 Å². The first-order valence-corrected chi connectivity index (χ1v) is 7.19. The van der Waals surface area contributed by atoms with Gasteiger partial charge in [-0.05, 0) is 19.3 Å². The Morgan fingerprint density at radius 3 is 2.74 bits per heavy atom. The van der Waals surface area contributed by atoms with Crippen molar-refractivity contribution in [2.24, 2.45) is 12.9 Å². The van der Waals surface area contributed by atoms with E-state index in [9.17, 15) is 0 Å². The molecule has 2 rings (SSSR count). The maximum absolute atomic E-state index is 5.86. The van der Waals surface area contributed by atoms with Gasteiger partial charge in [0.1, 0.15) is 5.82 Å². The molecule has 1 aromatic rings. The molecule has 1 heterocycles. The highest BCUT2D eigenvalue weighted by Gasteiger charge is 2.39. The van der Waals surface area contributed by atoms with Crippen LogP contribution in [0.1, 0.15) is 44.3 Å². The second-order valence-corrected chi connectivity index (χ2v) is 5.54. The van der Waals surface area contributed by atoms with Crippen LogP contribution < -0.4 is 11.3 Å². The second kappa shape index (κ2) is 6.50. The van der Waals surface area contributed by atoms with Gasteiger partial charge in [0.25, 0.3) is 0 Å². The van der Waals surface area contributed by atoms with Crippen LogP contribution in [0.3, 0.4) is 0 Å². The van der Waals surface area contributed by atoms with Crippen molar-refractivity contribution in [2.45, 2.75) is 56.6 Å². The number of imidazole rings is 1. The monoisotopic (exact) mass is 266 g/mol. The minimum atomic E-state index is -0.0990. The van der Waals surface area contributed by atoms with Crippen molar-refractivity contribution < 1.29 is 4.74 Å². The van der Waals surface area contributed by atoms with Crippen LogP contribution in [0.5, 0.6) is 0 Å². The number of aryl methyl sites for hydroxylation is 2. The highest BCUT2D eigenvalue weighted by molar-refractivity contribution is 4.98. The van der Waals surface area contributed by atoms with Crippen LogP contribution in [-0.2, 0) is 18.2 Å². The Balaban J connectivity index is 2.00. The lowest BCUT2D eigenvalue weighted by Gasteiger charge is -2.42. The maximum atomic E-state index is 5.86. The zero-order valence-corrected chi connectivity index (χ0v) is 12.1. The van der Waals surface area contributed by atoms with E-state index < -0.39 is 0 Å². The van der Waals surface area contributed by atoms with Crippen molar-refractivity contribution >= 4 is 0 Å². The van der Waals surface area contributed by atoms with Crippen molar-refractivity contribution in [2.75, 3.05) is 7.11 Å². The van der Waals surface area contributed by atoms with Crippen molar-refractivity contribution in [3.63, 3.8) is 0 Å². The third kappa shape index (κ3) is 3.16. The fourth-order valence-electron chi connectivity index (χ4n) is 3.25. The predicted octanol–water partition coefficient (Wildman–Crippen LogP) is 1.53. The molecule has 1 fully saturated rings. The molecule has 0 radical (unpaired) electrons. The average molecular weight is 266 g/mol. The number of hydrogen-bond donors (Lipinski definition) is 2. The van der Waals surface area contributed by atoms with E-state index in [2.05, 4.69) is 15.0 Å². The molecule has 0 saturated heterocycles. The van der Waals surface area contributed by atoms with E-state index in [0.29, 0.717) is 0 Å². The molecule has 0 amide bonds. The van der Waals surface area contributed by atoms with Crippen LogP contribution in [0.15, 0.2) is 12.4 Å². The molecule has 1 aliphatic rings. The molecule has 1 aromatic heterocycles. The van der Waals surface area contributed by atoms with Gasteiger partial charge in [0, 0.05) is 33.0 Å². The lowest BCUT2D eigenvalue weighted by Crippen LogP contribution is -2.55. The number of aromatic nitrogens is 2. The molecule has 5 nitrogen and oxygen atoms in total. The van der Waals surface area contributed by atoms with Crippen LogP contribution in [0.25, 0.3) is 0 Å². The molecule has 5 heteroatoms. The van der Waals surface area contributed by atoms with E-state index in [1.165, 1.54) is 19.3 Å². The first kappa shape index (κ1) is 14.5. The number of nitrogens with one attached hydrogen (secondary N) is 1. The lowest BCUT2D eigenvalue weighted by atomic mass is 9.78. The Morgan fingerprint density at radius 1 is 1.47 bits per heavy atom. The summed E-state index contributed by atoms with van der Waals surface area (Å²) in [6.07, 6.45) is 11.7. The van der Waals surface area contributed by atoms with Crippen molar-refractivity contribution in [1.82, 2.24) is 15.0 Å². The number of nitrogens with two attached hydrogens (primary N) is 1. The highest BCUT2D eigenvalue weighted by atomic mass is 16.5. The van der Waals surface area contributed by atoms with Gasteiger partial charge in [0.15, 0.2) is 0 Å². The minimum Gasteiger partial charge on any atom is -0.377 e. The molecule has 1 atom stereocenters. The first-order chi connectivity index (χ1) is 9.22. The fraction of sp³-hybridized carbons (Fsp3) is 0.786. The fourth-order valence-corrected chi connectivity index (χ4v) is 3.25. The number of hydrazine groups is 1. The van der Waals surface area contributed by atoms with Crippen molar-refractivity contribution in [3.05, 3.63) is 18.2 Å². The summed E-state index contributed by atoms with van der Waals surface area (Å²) < 4.78 is 7.93. The summed E-state index contributed by atoms with van der Waals surface area (Å²) in [7, 11) is 3.84. The standard InChI is InChI=1S/C14H26N4O/c1-18-11-10-16-13(18)7-6-12(17-15)14(19-2)8-4-3-5-9-14/h10-12,17H,3-9,15H2,1-2H3. The molecule has 0 bridgehead atoms. The molecule has 0 spiro atoms. The molecular formula is C14H26N4O. The third-order valence-electron chi connectivity index (χ3n) is 4.52. The van der Waals surface area contributed by atoms with Gasteiger partial charge < -0.3 is 9.30 Å². The summed E-state index contributed by atoms with van der Waals surface area (Å²) in [6, 6.07) is 0.189. The van der Waals surface area contributed by atoms with E-state index in [1.807, 2.05) is 26.6 Å².